The van der Waals surface area contributed by atoms with Crippen LogP contribution in [0.3, 0.4) is 0 Å². The Morgan fingerprint density at radius 3 is 3.05 bits per heavy atom. The molecule has 1 saturated heterocycles. The predicted octanol–water partition coefficient (Wildman–Crippen LogP) is 1.98. The Labute approximate surface area is 128 Å². The number of rotatable bonds is 3. The third-order valence-corrected chi connectivity index (χ3v) is 4.06. The highest BCUT2D eigenvalue weighted by molar-refractivity contribution is 5.92. The van der Waals surface area contributed by atoms with E-state index in [0.717, 1.165) is 48.3 Å². The van der Waals surface area contributed by atoms with Crippen molar-refractivity contribution in [1.82, 2.24) is 19.5 Å². The fraction of sp³-hybridized carbons (Fsp3) is 0.312. The van der Waals surface area contributed by atoms with Crippen molar-refractivity contribution in [2.45, 2.75) is 12.8 Å². The molecule has 0 amide bonds. The Hall–Kier alpha value is -2.47. The summed E-state index contributed by atoms with van der Waals surface area (Å²) in [5.41, 5.74) is 8.75. The molecule has 1 unspecified atom stereocenters. The van der Waals surface area contributed by atoms with E-state index >= 15 is 0 Å². The van der Waals surface area contributed by atoms with Crippen LogP contribution in [0.5, 0.6) is 0 Å². The predicted molar refractivity (Wildman–Crippen MR) is 83.7 cm³/mol. The Balaban J connectivity index is 1.86. The zero-order valence-corrected chi connectivity index (χ0v) is 12.1. The molecule has 112 valence electrons. The number of ether oxygens (including phenoxy) is 1. The molecule has 0 radical (unpaired) electrons. The lowest BCUT2D eigenvalue weighted by Gasteiger charge is -2.13. The van der Waals surface area contributed by atoms with Gasteiger partial charge in [0.2, 0.25) is 5.95 Å². The molecule has 1 atom stereocenters. The number of imidazole rings is 1. The van der Waals surface area contributed by atoms with Crippen molar-refractivity contribution in [3.05, 3.63) is 42.6 Å². The number of anilines is 1. The van der Waals surface area contributed by atoms with Crippen molar-refractivity contribution in [2.75, 3.05) is 18.9 Å². The van der Waals surface area contributed by atoms with Gasteiger partial charge in [-0.05, 0) is 30.9 Å². The summed E-state index contributed by atoms with van der Waals surface area (Å²) in [4.78, 5) is 13.4. The van der Waals surface area contributed by atoms with Gasteiger partial charge in [-0.25, -0.2) is 15.0 Å². The average molecular weight is 295 g/mol. The summed E-state index contributed by atoms with van der Waals surface area (Å²) in [5, 5.41) is 0.957. The molecule has 2 N–H and O–H groups in total. The summed E-state index contributed by atoms with van der Waals surface area (Å²) in [6.07, 6.45) is 7.19. The van der Waals surface area contributed by atoms with Crippen LogP contribution in [-0.4, -0.2) is 32.7 Å². The van der Waals surface area contributed by atoms with Gasteiger partial charge in [-0.3, -0.25) is 4.57 Å². The first kappa shape index (κ1) is 13.2. The van der Waals surface area contributed by atoms with Crippen LogP contribution in [0.2, 0.25) is 0 Å². The van der Waals surface area contributed by atoms with Gasteiger partial charge in [0, 0.05) is 36.7 Å². The SMILES string of the molecule is Nc1cccc2nc(-n3ccnc3)nc(CC3CCOC3)c12. The Morgan fingerprint density at radius 1 is 1.32 bits per heavy atom. The summed E-state index contributed by atoms with van der Waals surface area (Å²) in [6, 6.07) is 5.80. The van der Waals surface area contributed by atoms with E-state index in [1.165, 1.54) is 0 Å². The van der Waals surface area contributed by atoms with Gasteiger partial charge < -0.3 is 10.5 Å². The van der Waals surface area contributed by atoms with Gasteiger partial charge in [0.25, 0.3) is 0 Å². The maximum absolute atomic E-state index is 6.17. The Morgan fingerprint density at radius 2 is 2.27 bits per heavy atom. The minimum atomic E-state index is 0.494. The second kappa shape index (κ2) is 5.38. The number of benzene rings is 1. The topological polar surface area (TPSA) is 78.9 Å². The summed E-state index contributed by atoms with van der Waals surface area (Å²) in [6.45, 7) is 1.62. The van der Waals surface area contributed by atoms with Crippen molar-refractivity contribution in [3.8, 4) is 5.95 Å². The molecular formula is C16H17N5O. The minimum absolute atomic E-state index is 0.494. The number of hydrogen-bond donors (Lipinski definition) is 1. The van der Waals surface area contributed by atoms with E-state index in [4.69, 9.17) is 15.5 Å². The molecule has 3 heterocycles. The molecule has 22 heavy (non-hydrogen) atoms. The zero-order chi connectivity index (χ0) is 14.9. The summed E-state index contributed by atoms with van der Waals surface area (Å²) in [5.74, 6) is 1.12. The standard InChI is InChI=1S/C16H17N5O/c17-12-2-1-3-13-15(12)14(8-11-4-7-22-9-11)20-16(19-13)21-6-5-18-10-21/h1-3,5-6,10-11H,4,7-9,17H2. The van der Waals surface area contributed by atoms with Crippen LogP contribution in [0.1, 0.15) is 12.1 Å². The van der Waals surface area contributed by atoms with E-state index in [1.807, 2.05) is 29.0 Å². The maximum Gasteiger partial charge on any atom is 0.235 e. The molecule has 6 heteroatoms. The third-order valence-electron chi connectivity index (χ3n) is 4.06. The third kappa shape index (κ3) is 2.31. The van der Waals surface area contributed by atoms with Gasteiger partial charge in [0.15, 0.2) is 0 Å². The Kier molecular flexibility index (Phi) is 3.23. The molecule has 0 spiro atoms. The van der Waals surface area contributed by atoms with Crippen LogP contribution in [0.25, 0.3) is 16.9 Å². The molecule has 6 nitrogen and oxygen atoms in total. The van der Waals surface area contributed by atoms with Gasteiger partial charge in [-0.2, -0.15) is 0 Å². The average Bonchev–Trinajstić information content (AvgIpc) is 3.20. The number of nitrogens with two attached hydrogens (primary N) is 1. The molecule has 3 aromatic rings. The van der Waals surface area contributed by atoms with Crippen LogP contribution in [-0.2, 0) is 11.2 Å². The van der Waals surface area contributed by atoms with Gasteiger partial charge in [0.05, 0.1) is 11.2 Å². The monoisotopic (exact) mass is 295 g/mol. The molecule has 4 rings (SSSR count). The molecular weight excluding hydrogens is 278 g/mol. The summed E-state index contributed by atoms with van der Waals surface area (Å²) >= 11 is 0. The van der Waals surface area contributed by atoms with Crippen molar-refractivity contribution in [3.63, 3.8) is 0 Å². The first-order chi connectivity index (χ1) is 10.8. The highest BCUT2D eigenvalue weighted by Gasteiger charge is 2.20. The van der Waals surface area contributed by atoms with Gasteiger partial charge in [-0.1, -0.05) is 6.07 Å². The molecule has 0 saturated carbocycles. The largest absolute Gasteiger partial charge is 0.398 e. The fourth-order valence-corrected chi connectivity index (χ4v) is 2.93. The second-order valence-electron chi connectivity index (χ2n) is 5.62. The van der Waals surface area contributed by atoms with Crippen molar-refractivity contribution >= 4 is 16.6 Å². The summed E-state index contributed by atoms with van der Waals surface area (Å²) < 4.78 is 7.30. The first-order valence-electron chi connectivity index (χ1n) is 7.42. The van der Waals surface area contributed by atoms with Crippen molar-refractivity contribution < 1.29 is 4.74 Å². The molecule has 0 aliphatic carbocycles. The van der Waals surface area contributed by atoms with Crippen LogP contribution in [0.4, 0.5) is 5.69 Å². The van der Waals surface area contributed by atoms with E-state index in [-0.39, 0.29) is 0 Å². The number of nitrogens with zero attached hydrogens (tertiary/aromatic N) is 4. The minimum Gasteiger partial charge on any atom is -0.398 e. The van der Waals surface area contributed by atoms with Gasteiger partial charge >= 0.3 is 0 Å². The molecule has 1 fully saturated rings. The van der Waals surface area contributed by atoms with Crippen LogP contribution >= 0.6 is 0 Å². The number of aromatic nitrogens is 4. The van der Waals surface area contributed by atoms with Crippen molar-refractivity contribution in [2.24, 2.45) is 5.92 Å². The maximum atomic E-state index is 6.17. The van der Waals surface area contributed by atoms with E-state index in [2.05, 4.69) is 9.97 Å². The molecule has 1 aliphatic rings. The smallest absolute Gasteiger partial charge is 0.235 e. The van der Waals surface area contributed by atoms with Crippen LogP contribution in [0, 0.1) is 5.92 Å². The summed E-state index contributed by atoms with van der Waals surface area (Å²) in [7, 11) is 0. The van der Waals surface area contributed by atoms with Crippen LogP contribution in [0.15, 0.2) is 36.9 Å². The van der Waals surface area contributed by atoms with Gasteiger partial charge in [-0.15, -0.1) is 0 Å². The van der Waals surface area contributed by atoms with Crippen LogP contribution < -0.4 is 5.73 Å². The van der Waals surface area contributed by atoms with Crippen molar-refractivity contribution in [1.29, 1.82) is 0 Å². The lowest BCUT2D eigenvalue weighted by atomic mass is 9.99. The normalized spacial score (nSPS) is 18.1. The highest BCUT2D eigenvalue weighted by atomic mass is 16.5. The molecule has 2 aromatic heterocycles. The second-order valence-corrected chi connectivity index (χ2v) is 5.62. The fourth-order valence-electron chi connectivity index (χ4n) is 2.93. The van der Waals surface area contributed by atoms with E-state index in [9.17, 15) is 0 Å². The van der Waals surface area contributed by atoms with Gasteiger partial charge in [0.1, 0.15) is 6.33 Å². The number of nitrogen functional groups attached to an aromatic ring is 1. The zero-order valence-electron chi connectivity index (χ0n) is 12.1. The Bertz CT molecular complexity index is 794. The number of fused-ring (bicyclic) bond motifs is 1. The quantitative estimate of drug-likeness (QED) is 0.747. The molecule has 0 bridgehead atoms. The number of hydrogen-bond acceptors (Lipinski definition) is 5. The lowest BCUT2D eigenvalue weighted by molar-refractivity contribution is 0.185. The molecule has 1 aliphatic heterocycles. The van der Waals surface area contributed by atoms with E-state index < -0.39 is 0 Å². The molecule has 1 aromatic carbocycles. The first-order valence-corrected chi connectivity index (χ1v) is 7.42. The highest BCUT2D eigenvalue weighted by Crippen LogP contribution is 2.27. The van der Waals surface area contributed by atoms with E-state index in [1.54, 1.807) is 12.5 Å². The lowest BCUT2D eigenvalue weighted by Crippen LogP contribution is -2.10. The van der Waals surface area contributed by atoms with E-state index in [0.29, 0.717) is 11.9 Å².